The van der Waals surface area contributed by atoms with Gasteiger partial charge in [-0.2, -0.15) is 0 Å². The smallest absolute Gasteiger partial charge is 0.252 e. The van der Waals surface area contributed by atoms with Crippen molar-refractivity contribution in [3.63, 3.8) is 0 Å². The average molecular weight is 253 g/mol. The summed E-state index contributed by atoms with van der Waals surface area (Å²) < 4.78 is 5.47. The summed E-state index contributed by atoms with van der Waals surface area (Å²) in [7, 11) is 0. The van der Waals surface area contributed by atoms with Crippen molar-refractivity contribution in [3.05, 3.63) is 22.2 Å². The highest BCUT2D eigenvalue weighted by Gasteiger charge is 1.99. The monoisotopic (exact) mass is 253 g/mol. The lowest BCUT2D eigenvalue weighted by molar-refractivity contribution is 0.110. The summed E-state index contributed by atoms with van der Waals surface area (Å²) in [4.78, 5) is 18.3. The minimum absolute atomic E-state index is 0.111. The van der Waals surface area contributed by atoms with Gasteiger partial charge in [0.05, 0.1) is 0 Å². The zero-order valence-electron chi connectivity index (χ0n) is 11.5. The second kappa shape index (κ2) is 7.87. The van der Waals surface area contributed by atoms with Crippen molar-refractivity contribution < 1.29 is 4.74 Å². The number of nitrogens with zero attached hydrogens (tertiary/aromatic N) is 1. The Balaban J connectivity index is 2.27. The number of ether oxygens (including phenoxy) is 1. The van der Waals surface area contributed by atoms with E-state index in [9.17, 15) is 4.79 Å². The summed E-state index contributed by atoms with van der Waals surface area (Å²) in [5.41, 5.74) is -0.111. The Morgan fingerprint density at radius 1 is 1.50 bits per heavy atom. The van der Waals surface area contributed by atoms with E-state index in [4.69, 9.17) is 4.74 Å². The van der Waals surface area contributed by atoms with Crippen LogP contribution in [0.2, 0.25) is 0 Å². The topological polar surface area (TPSA) is 67.0 Å². The molecule has 1 rings (SSSR count). The van der Waals surface area contributed by atoms with Crippen LogP contribution in [0.4, 0.5) is 5.82 Å². The predicted octanol–water partition coefficient (Wildman–Crippen LogP) is 1.81. The van der Waals surface area contributed by atoms with E-state index in [-0.39, 0.29) is 5.56 Å². The van der Waals surface area contributed by atoms with E-state index in [1.807, 2.05) is 6.92 Å². The molecule has 102 valence electrons. The van der Waals surface area contributed by atoms with Gasteiger partial charge in [0.25, 0.3) is 5.56 Å². The van der Waals surface area contributed by atoms with Gasteiger partial charge in [-0.05, 0) is 12.3 Å². The summed E-state index contributed by atoms with van der Waals surface area (Å²) in [6.45, 7) is 8.51. The van der Waals surface area contributed by atoms with Gasteiger partial charge in [-0.1, -0.05) is 20.8 Å². The van der Waals surface area contributed by atoms with Gasteiger partial charge in [-0.15, -0.1) is 0 Å². The Labute approximate surface area is 108 Å². The maximum atomic E-state index is 11.3. The van der Waals surface area contributed by atoms with Crippen LogP contribution in [0.25, 0.3) is 0 Å². The predicted molar refractivity (Wildman–Crippen MR) is 73.0 cm³/mol. The Kier molecular flexibility index (Phi) is 6.43. The molecule has 0 aliphatic carbocycles. The number of hydrogen-bond acceptors (Lipinski definition) is 4. The van der Waals surface area contributed by atoms with E-state index >= 15 is 0 Å². The maximum Gasteiger partial charge on any atom is 0.252 e. The van der Waals surface area contributed by atoms with Crippen LogP contribution >= 0.6 is 0 Å². The molecule has 18 heavy (non-hydrogen) atoms. The number of aryl methyl sites for hydroxylation is 1. The van der Waals surface area contributed by atoms with E-state index in [0.29, 0.717) is 17.6 Å². The van der Waals surface area contributed by atoms with E-state index in [1.54, 1.807) is 0 Å². The third kappa shape index (κ3) is 5.82. The van der Waals surface area contributed by atoms with Gasteiger partial charge in [-0.3, -0.25) is 4.79 Å². The number of nitrogens with one attached hydrogen (secondary N) is 2. The lowest BCUT2D eigenvalue weighted by Gasteiger charge is -2.08. The van der Waals surface area contributed by atoms with Gasteiger partial charge in [0.2, 0.25) is 0 Å². The first-order valence-electron chi connectivity index (χ1n) is 6.53. The number of anilines is 1. The van der Waals surface area contributed by atoms with Crippen molar-refractivity contribution in [2.75, 3.05) is 25.1 Å². The molecule has 1 aromatic rings. The molecule has 0 fully saturated rings. The Morgan fingerprint density at radius 2 is 2.28 bits per heavy atom. The van der Waals surface area contributed by atoms with E-state index in [1.165, 1.54) is 6.07 Å². The average Bonchev–Trinajstić information content (AvgIpc) is 2.32. The van der Waals surface area contributed by atoms with Crippen LogP contribution in [0.5, 0.6) is 0 Å². The van der Waals surface area contributed by atoms with Crippen molar-refractivity contribution in [2.45, 2.75) is 33.6 Å². The Hall–Kier alpha value is -1.36. The van der Waals surface area contributed by atoms with Crippen molar-refractivity contribution in [3.8, 4) is 0 Å². The summed E-state index contributed by atoms with van der Waals surface area (Å²) in [6, 6.07) is 1.48. The van der Waals surface area contributed by atoms with E-state index in [0.717, 1.165) is 32.6 Å². The maximum absolute atomic E-state index is 11.3. The molecule has 0 atom stereocenters. The van der Waals surface area contributed by atoms with Gasteiger partial charge < -0.3 is 15.0 Å². The first-order valence-corrected chi connectivity index (χ1v) is 6.53. The molecule has 0 aliphatic rings. The molecule has 0 amide bonds. The highest BCUT2D eigenvalue weighted by Crippen LogP contribution is 2.00. The molecule has 0 bridgehead atoms. The number of H-pyrrole nitrogens is 1. The zero-order chi connectivity index (χ0) is 13.4. The number of aromatic amines is 1. The molecular weight excluding hydrogens is 230 g/mol. The molecule has 0 aliphatic heterocycles. The molecule has 0 radical (unpaired) electrons. The number of hydrogen-bond donors (Lipinski definition) is 2. The van der Waals surface area contributed by atoms with E-state index < -0.39 is 0 Å². The van der Waals surface area contributed by atoms with Crippen molar-refractivity contribution >= 4 is 5.82 Å². The van der Waals surface area contributed by atoms with Crippen LogP contribution < -0.4 is 10.9 Å². The molecule has 0 unspecified atom stereocenters. The van der Waals surface area contributed by atoms with E-state index in [2.05, 4.69) is 29.1 Å². The molecule has 0 spiro atoms. The molecule has 0 aromatic carbocycles. The summed E-state index contributed by atoms with van der Waals surface area (Å²) >= 11 is 0. The third-order valence-electron chi connectivity index (χ3n) is 2.35. The van der Waals surface area contributed by atoms with Crippen molar-refractivity contribution in [1.29, 1.82) is 0 Å². The highest BCUT2D eigenvalue weighted by molar-refractivity contribution is 5.32. The Bertz CT molecular complexity index is 401. The van der Waals surface area contributed by atoms with Gasteiger partial charge in [0, 0.05) is 32.2 Å². The molecule has 0 saturated heterocycles. The molecule has 1 heterocycles. The number of rotatable bonds is 8. The van der Waals surface area contributed by atoms with Gasteiger partial charge >= 0.3 is 0 Å². The van der Waals surface area contributed by atoms with Crippen LogP contribution in [-0.2, 0) is 11.2 Å². The summed E-state index contributed by atoms with van der Waals surface area (Å²) in [6.07, 6.45) is 1.63. The van der Waals surface area contributed by atoms with Crippen molar-refractivity contribution in [2.24, 2.45) is 5.92 Å². The summed E-state index contributed by atoms with van der Waals surface area (Å²) in [5, 5.41) is 3.14. The van der Waals surface area contributed by atoms with Crippen LogP contribution in [-0.4, -0.2) is 29.7 Å². The fraction of sp³-hybridized carbons (Fsp3) is 0.692. The second-order valence-corrected chi connectivity index (χ2v) is 4.68. The highest BCUT2D eigenvalue weighted by atomic mass is 16.5. The van der Waals surface area contributed by atoms with Gasteiger partial charge in [-0.25, -0.2) is 4.98 Å². The lowest BCUT2D eigenvalue weighted by Crippen LogP contribution is -2.15. The van der Waals surface area contributed by atoms with Crippen molar-refractivity contribution in [1.82, 2.24) is 9.97 Å². The molecule has 5 heteroatoms. The molecule has 0 saturated carbocycles. The first-order chi connectivity index (χ1) is 8.61. The SMILES string of the molecule is CCc1nc(NCCCOCC(C)C)cc(=O)[nH]1. The van der Waals surface area contributed by atoms with Crippen LogP contribution in [0, 0.1) is 5.92 Å². The molecular formula is C13H23N3O2. The molecule has 1 aromatic heterocycles. The zero-order valence-corrected chi connectivity index (χ0v) is 11.5. The summed E-state index contributed by atoms with van der Waals surface area (Å²) in [5.74, 6) is 1.92. The lowest BCUT2D eigenvalue weighted by atomic mass is 10.2. The third-order valence-corrected chi connectivity index (χ3v) is 2.35. The first kappa shape index (κ1) is 14.7. The second-order valence-electron chi connectivity index (χ2n) is 4.68. The standard InChI is InChI=1S/C13H23N3O2/c1-4-11-15-12(8-13(17)16-11)14-6-5-7-18-9-10(2)3/h8,10H,4-7,9H2,1-3H3,(H2,14,15,16,17). The largest absolute Gasteiger partial charge is 0.381 e. The van der Waals surface area contributed by atoms with Crippen LogP contribution in [0.3, 0.4) is 0 Å². The fourth-order valence-corrected chi connectivity index (χ4v) is 1.48. The Morgan fingerprint density at radius 3 is 2.94 bits per heavy atom. The minimum Gasteiger partial charge on any atom is -0.381 e. The normalized spacial score (nSPS) is 10.9. The fourth-order valence-electron chi connectivity index (χ4n) is 1.48. The number of aromatic nitrogens is 2. The van der Waals surface area contributed by atoms with Crippen LogP contribution in [0.15, 0.2) is 10.9 Å². The minimum atomic E-state index is -0.111. The van der Waals surface area contributed by atoms with Crippen LogP contribution in [0.1, 0.15) is 33.0 Å². The molecule has 5 nitrogen and oxygen atoms in total. The van der Waals surface area contributed by atoms with Gasteiger partial charge in [0.1, 0.15) is 11.6 Å². The quantitative estimate of drug-likeness (QED) is 0.693. The van der Waals surface area contributed by atoms with Gasteiger partial charge in [0.15, 0.2) is 0 Å². The molecule has 2 N–H and O–H groups in total.